The number of hydrogen-bond donors (Lipinski definition) is 0. The molecule has 0 N–H and O–H groups in total. The summed E-state index contributed by atoms with van der Waals surface area (Å²) >= 11 is 0. The molecule has 0 spiro atoms. The molecule has 0 aliphatic rings. The van der Waals surface area contributed by atoms with Gasteiger partial charge in [-0.25, -0.2) is 4.57 Å². The van der Waals surface area contributed by atoms with Crippen LogP contribution in [-0.4, -0.2) is 11.9 Å². The second-order valence-electron chi connectivity index (χ2n) is 2.42. The summed E-state index contributed by atoms with van der Waals surface area (Å²) < 4.78 is 14.7. The molecule has 0 aromatic heterocycles. The first-order valence-corrected chi connectivity index (χ1v) is 4.44. The first-order valence-electron chi connectivity index (χ1n) is 3.71. The number of hydrogen-bond acceptors (Lipinski definition) is 3. The molecule has 0 saturated heterocycles. The van der Waals surface area contributed by atoms with Crippen molar-refractivity contribution in [2.45, 2.75) is 39.2 Å². The van der Waals surface area contributed by atoms with Gasteiger partial charge in [-0.05, 0) is 13.3 Å². The normalized spacial score (nSPS) is 12.2. The molecule has 5 heteroatoms. The molecule has 0 saturated carbocycles. The fourth-order valence-electron chi connectivity index (χ4n) is 0.772. The van der Waals surface area contributed by atoms with Gasteiger partial charge >= 0.3 is 38.2 Å². The van der Waals surface area contributed by atoms with Crippen molar-refractivity contribution in [2.24, 2.45) is 0 Å². The van der Waals surface area contributed by atoms with Crippen molar-refractivity contribution in [2.75, 3.05) is 0 Å². The summed E-state index contributed by atoms with van der Waals surface area (Å²) in [4.78, 5) is 10.8. The van der Waals surface area contributed by atoms with E-state index >= 15 is 0 Å². The van der Waals surface area contributed by atoms with Gasteiger partial charge in [-0.2, -0.15) is 0 Å². The topological polar surface area (TPSA) is 43.4 Å². The molecule has 12 heavy (non-hydrogen) atoms. The Labute approximate surface area is 98.3 Å². The quantitative estimate of drug-likeness (QED) is 0.428. The number of rotatable bonds is 6. The Hall–Kier alpha value is 0.730. The third-order valence-electron chi connectivity index (χ3n) is 1.44. The van der Waals surface area contributed by atoms with E-state index in [1.54, 1.807) is 0 Å². The van der Waals surface area contributed by atoms with Gasteiger partial charge in [0.1, 0.15) is 6.10 Å². The van der Waals surface area contributed by atoms with Crippen LogP contribution < -0.4 is 29.6 Å². The summed E-state index contributed by atoms with van der Waals surface area (Å²) in [5.74, 6) is -0.0539. The van der Waals surface area contributed by atoms with E-state index in [1.165, 1.54) is 6.92 Å². The fourth-order valence-corrected chi connectivity index (χ4v) is 1.13. The fraction of sp³-hybridized carbons (Fsp3) is 0.857. The average Bonchev–Trinajstić information content (AvgIpc) is 1.97. The van der Waals surface area contributed by atoms with Crippen LogP contribution in [0.4, 0.5) is 0 Å². The van der Waals surface area contributed by atoms with E-state index in [4.69, 9.17) is 0 Å². The van der Waals surface area contributed by atoms with E-state index in [1.807, 2.05) is 6.92 Å². The second-order valence-corrected chi connectivity index (χ2v) is 2.78. The van der Waals surface area contributed by atoms with Crippen molar-refractivity contribution in [3.63, 3.8) is 0 Å². The number of carbonyl (C=O) groups excluding carboxylic acids is 1. The zero-order chi connectivity index (χ0) is 8.69. The zero-order valence-electron chi connectivity index (χ0n) is 8.87. The van der Waals surface area contributed by atoms with E-state index in [0.29, 0.717) is 6.42 Å². The van der Waals surface area contributed by atoms with Gasteiger partial charge in [-0.1, -0.05) is 19.8 Å². The minimum atomic E-state index is -0.478. The summed E-state index contributed by atoms with van der Waals surface area (Å²) in [6, 6.07) is 0. The second kappa shape index (κ2) is 9.82. The van der Waals surface area contributed by atoms with E-state index in [0.717, 1.165) is 12.8 Å². The first kappa shape index (κ1) is 15.2. The van der Waals surface area contributed by atoms with Gasteiger partial charge in [0.25, 0.3) is 0 Å². The van der Waals surface area contributed by atoms with E-state index < -0.39 is 14.8 Å². The van der Waals surface area contributed by atoms with Gasteiger partial charge in [0.05, 0.1) is 0 Å². The molecular formula is C7H14NaO3P. The van der Waals surface area contributed by atoms with Crippen LogP contribution in [0.15, 0.2) is 0 Å². The van der Waals surface area contributed by atoms with E-state index in [-0.39, 0.29) is 36.8 Å². The maximum Gasteiger partial charge on any atom is 1.00 e. The molecule has 1 unspecified atom stereocenters. The van der Waals surface area contributed by atoms with Gasteiger partial charge in [-0.15, -0.1) is 0 Å². The van der Waals surface area contributed by atoms with Crippen LogP contribution in [0.5, 0.6) is 0 Å². The zero-order valence-corrected chi connectivity index (χ0v) is 10.8. The maximum atomic E-state index is 10.8. The van der Waals surface area contributed by atoms with Crippen molar-refractivity contribution < 1.29 is 44.9 Å². The van der Waals surface area contributed by atoms with Crippen LogP contribution in [-0.2, 0) is 13.9 Å². The monoisotopic (exact) mass is 200 g/mol. The van der Waals surface area contributed by atoms with Crippen LogP contribution in [0.3, 0.4) is 0 Å². The summed E-state index contributed by atoms with van der Waals surface area (Å²) in [5, 5.41) is 0. The van der Waals surface area contributed by atoms with Gasteiger partial charge in [0.2, 0.25) is 0 Å². The number of ketones is 1. The molecule has 3 nitrogen and oxygen atoms in total. The minimum Gasteiger partial charge on any atom is -1.00 e. The standard InChI is InChI=1S/C7H13O3P.Na.H/c1-3-4-5-7(6(2)8)10-11-9;;/h7H,3-5H2,1-2H3;;/q;+1;-1. The van der Waals surface area contributed by atoms with Crippen molar-refractivity contribution in [3.05, 3.63) is 0 Å². The Morgan fingerprint density at radius 3 is 2.58 bits per heavy atom. The third kappa shape index (κ3) is 7.38. The Balaban J connectivity index is -0.000000500. The molecule has 0 aromatic rings. The first-order chi connectivity index (χ1) is 5.22. The Kier molecular flexibility index (Phi) is 12.4. The van der Waals surface area contributed by atoms with Crippen LogP contribution in [0.1, 0.15) is 34.5 Å². The Morgan fingerprint density at radius 2 is 2.25 bits per heavy atom. The van der Waals surface area contributed by atoms with Crippen LogP contribution >= 0.6 is 8.69 Å². The van der Waals surface area contributed by atoms with Crippen molar-refractivity contribution in [1.29, 1.82) is 0 Å². The Morgan fingerprint density at radius 1 is 1.67 bits per heavy atom. The van der Waals surface area contributed by atoms with Gasteiger partial charge in [-0.3, -0.25) is 9.32 Å². The predicted molar refractivity (Wildman–Crippen MR) is 43.8 cm³/mol. The number of carbonyl (C=O) groups is 1. The third-order valence-corrected chi connectivity index (χ3v) is 1.78. The summed E-state index contributed by atoms with van der Waals surface area (Å²) in [6.45, 7) is 3.48. The minimum absolute atomic E-state index is 0. The van der Waals surface area contributed by atoms with Crippen LogP contribution in [0.2, 0.25) is 0 Å². The molecule has 1 atom stereocenters. The molecule has 0 amide bonds. The molecule has 0 radical (unpaired) electrons. The smallest absolute Gasteiger partial charge is 1.00 e. The molecule has 0 aliphatic heterocycles. The predicted octanol–water partition coefficient (Wildman–Crippen LogP) is -0.526. The van der Waals surface area contributed by atoms with Crippen molar-refractivity contribution >= 4 is 14.5 Å². The molecule has 0 fully saturated rings. The van der Waals surface area contributed by atoms with Crippen molar-refractivity contribution in [3.8, 4) is 0 Å². The Bertz CT molecular complexity index is 146. The molecule has 0 aromatic carbocycles. The summed E-state index contributed by atoms with van der Waals surface area (Å²) in [5.41, 5.74) is 0. The molecule has 0 rings (SSSR count). The summed E-state index contributed by atoms with van der Waals surface area (Å²) in [7, 11) is -0.406. The molecule has 66 valence electrons. The van der Waals surface area contributed by atoms with Crippen LogP contribution in [0.25, 0.3) is 0 Å². The van der Waals surface area contributed by atoms with Crippen LogP contribution in [0, 0.1) is 0 Å². The van der Waals surface area contributed by atoms with Crippen molar-refractivity contribution in [1.82, 2.24) is 0 Å². The number of Topliss-reactive ketones (excluding diaryl/α,β-unsaturated/α-hetero) is 1. The maximum absolute atomic E-state index is 10.8. The molecule has 0 heterocycles. The molecule has 0 aliphatic carbocycles. The number of unbranched alkanes of at least 4 members (excludes halogenated alkanes) is 1. The summed E-state index contributed by atoms with van der Waals surface area (Å²) in [6.07, 6.45) is 2.14. The van der Waals surface area contributed by atoms with E-state index in [9.17, 15) is 9.36 Å². The molecular weight excluding hydrogens is 186 g/mol. The largest absolute Gasteiger partial charge is 1.00 e. The van der Waals surface area contributed by atoms with E-state index in [2.05, 4.69) is 4.52 Å². The van der Waals surface area contributed by atoms with Gasteiger partial charge in [0.15, 0.2) is 5.78 Å². The van der Waals surface area contributed by atoms with Gasteiger partial charge in [0, 0.05) is 0 Å². The SMILES string of the molecule is CCCCC(OP=O)C(C)=O.[H-].[Na+]. The molecule has 0 bridgehead atoms. The van der Waals surface area contributed by atoms with Gasteiger partial charge < -0.3 is 1.43 Å². The average molecular weight is 200 g/mol.